The van der Waals surface area contributed by atoms with Gasteiger partial charge in [-0.1, -0.05) is 44.9 Å². The SMILES string of the molecule is CCCC(CCC)S(=O)(=O)CC(N)(C(N)=O)C(=O)COc1ccccc1.Cl. The van der Waals surface area contributed by atoms with Crippen molar-refractivity contribution < 1.29 is 22.7 Å². The number of ketones is 1. The summed E-state index contributed by atoms with van der Waals surface area (Å²) >= 11 is 0. The number of halogens is 1. The van der Waals surface area contributed by atoms with Crippen LogP contribution in [-0.2, 0) is 19.4 Å². The van der Waals surface area contributed by atoms with Crippen molar-refractivity contribution in [1.82, 2.24) is 0 Å². The van der Waals surface area contributed by atoms with Crippen LogP contribution in [0.4, 0.5) is 0 Å². The smallest absolute Gasteiger partial charge is 0.246 e. The third-order valence-electron chi connectivity index (χ3n) is 4.21. The number of hydrogen-bond acceptors (Lipinski definition) is 6. The van der Waals surface area contributed by atoms with Crippen molar-refractivity contribution in [3.63, 3.8) is 0 Å². The predicted octanol–water partition coefficient (Wildman–Crippen LogP) is 1.62. The summed E-state index contributed by atoms with van der Waals surface area (Å²) in [6.07, 6.45) is 2.23. The van der Waals surface area contributed by atoms with Gasteiger partial charge in [0.05, 0.1) is 11.0 Å². The van der Waals surface area contributed by atoms with Crippen LogP contribution in [0, 0.1) is 0 Å². The Bertz CT molecular complexity index is 706. The highest BCUT2D eigenvalue weighted by Crippen LogP contribution is 2.20. The maximum absolute atomic E-state index is 12.7. The average Bonchev–Trinajstić information content (AvgIpc) is 2.59. The van der Waals surface area contributed by atoms with E-state index in [1.807, 2.05) is 13.8 Å². The minimum Gasteiger partial charge on any atom is -0.486 e. The number of sulfone groups is 1. The molecule has 0 aliphatic rings. The van der Waals surface area contributed by atoms with Gasteiger partial charge in [-0.25, -0.2) is 8.42 Å². The molecule has 27 heavy (non-hydrogen) atoms. The molecule has 154 valence electrons. The molecule has 0 aliphatic carbocycles. The Morgan fingerprint density at radius 1 is 1.11 bits per heavy atom. The first-order chi connectivity index (χ1) is 12.2. The van der Waals surface area contributed by atoms with E-state index in [0.717, 1.165) is 0 Å². The van der Waals surface area contributed by atoms with E-state index in [0.29, 0.717) is 31.4 Å². The fourth-order valence-corrected chi connectivity index (χ4v) is 5.03. The minimum absolute atomic E-state index is 0. The highest BCUT2D eigenvalue weighted by atomic mass is 35.5. The van der Waals surface area contributed by atoms with E-state index in [1.54, 1.807) is 30.3 Å². The molecule has 0 bridgehead atoms. The molecular weight excluding hydrogens is 392 g/mol. The van der Waals surface area contributed by atoms with Gasteiger partial charge >= 0.3 is 0 Å². The van der Waals surface area contributed by atoms with Crippen LogP contribution in [0.25, 0.3) is 0 Å². The zero-order chi connectivity index (χ0) is 19.8. The zero-order valence-corrected chi connectivity index (χ0v) is 17.4. The normalized spacial score (nSPS) is 13.5. The number of hydrogen-bond donors (Lipinski definition) is 2. The summed E-state index contributed by atoms with van der Waals surface area (Å²) in [5.74, 6) is -2.43. The van der Waals surface area contributed by atoms with Gasteiger partial charge in [0.15, 0.2) is 15.4 Å². The van der Waals surface area contributed by atoms with E-state index in [4.69, 9.17) is 16.2 Å². The van der Waals surface area contributed by atoms with E-state index in [1.165, 1.54) is 0 Å². The molecule has 1 unspecified atom stereocenters. The quantitative estimate of drug-likeness (QED) is 0.494. The third kappa shape index (κ3) is 7.12. The highest BCUT2D eigenvalue weighted by molar-refractivity contribution is 7.92. The van der Waals surface area contributed by atoms with Gasteiger partial charge in [-0.2, -0.15) is 0 Å². The molecule has 4 N–H and O–H groups in total. The number of carbonyl (C=O) groups excluding carboxylic acids is 2. The van der Waals surface area contributed by atoms with Crippen molar-refractivity contribution in [3.05, 3.63) is 30.3 Å². The number of carbonyl (C=O) groups is 2. The summed E-state index contributed by atoms with van der Waals surface area (Å²) in [4.78, 5) is 24.3. The molecule has 0 saturated carbocycles. The van der Waals surface area contributed by atoms with E-state index in [-0.39, 0.29) is 12.4 Å². The lowest BCUT2D eigenvalue weighted by atomic mass is 9.97. The summed E-state index contributed by atoms with van der Waals surface area (Å²) in [5.41, 5.74) is 8.86. The van der Waals surface area contributed by atoms with Crippen LogP contribution in [0.3, 0.4) is 0 Å². The van der Waals surface area contributed by atoms with Gasteiger partial charge in [0.1, 0.15) is 12.4 Å². The van der Waals surface area contributed by atoms with Crippen LogP contribution in [0.1, 0.15) is 39.5 Å². The second kappa shape index (κ2) is 11.3. The molecular formula is C18H29ClN2O5S. The van der Waals surface area contributed by atoms with Crippen molar-refractivity contribution in [2.75, 3.05) is 12.4 Å². The Morgan fingerprint density at radius 2 is 1.63 bits per heavy atom. The maximum atomic E-state index is 12.7. The summed E-state index contributed by atoms with van der Waals surface area (Å²) in [6.45, 7) is 3.22. The predicted molar refractivity (Wildman–Crippen MR) is 108 cm³/mol. The number of nitrogens with two attached hydrogens (primary N) is 2. The van der Waals surface area contributed by atoms with Crippen LogP contribution >= 0.6 is 12.4 Å². The topological polar surface area (TPSA) is 130 Å². The second-order valence-electron chi connectivity index (χ2n) is 6.37. The lowest BCUT2D eigenvalue weighted by Gasteiger charge is -2.27. The van der Waals surface area contributed by atoms with Gasteiger partial charge in [0.25, 0.3) is 0 Å². The lowest BCUT2D eigenvalue weighted by Crippen LogP contribution is -2.64. The first kappa shape index (κ1) is 25.4. The van der Waals surface area contributed by atoms with E-state index >= 15 is 0 Å². The zero-order valence-electron chi connectivity index (χ0n) is 15.7. The van der Waals surface area contributed by atoms with Crippen LogP contribution in [0.15, 0.2) is 30.3 Å². The largest absolute Gasteiger partial charge is 0.486 e. The molecule has 0 fully saturated rings. The number of primary amides is 1. The first-order valence-corrected chi connectivity index (χ1v) is 10.4. The summed E-state index contributed by atoms with van der Waals surface area (Å²) in [7, 11) is -3.78. The summed E-state index contributed by atoms with van der Waals surface area (Å²) in [5, 5.41) is -0.650. The van der Waals surface area contributed by atoms with Crippen LogP contribution in [-0.4, -0.2) is 43.3 Å². The maximum Gasteiger partial charge on any atom is 0.246 e. The number of ether oxygens (including phenoxy) is 1. The summed E-state index contributed by atoms with van der Waals surface area (Å²) < 4.78 is 30.8. The highest BCUT2D eigenvalue weighted by Gasteiger charge is 2.46. The monoisotopic (exact) mass is 420 g/mol. The molecule has 1 aromatic rings. The molecule has 0 radical (unpaired) electrons. The standard InChI is InChI=1S/C18H28N2O5S.ClH/c1-3-8-15(9-4-2)26(23,24)13-18(20,17(19)22)16(21)12-25-14-10-6-5-7-11-14;/h5-7,10-11,15H,3-4,8-9,12-13,20H2,1-2H3,(H2,19,22);1H. The number of rotatable bonds is 12. The molecule has 0 spiro atoms. The molecule has 1 amide bonds. The first-order valence-electron chi connectivity index (χ1n) is 8.68. The Hall–Kier alpha value is -1.64. The molecule has 1 aromatic carbocycles. The number of Topliss-reactive ketones (excluding diaryl/α,β-unsaturated/α-hetero) is 1. The average molecular weight is 421 g/mol. The Balaban J connectivity index is 0.00000676. The number of para-hydroxylation sites is 1. The second-order valence-corrected chi connectivity index (χ2v) is 8.65. The lowest BCUT2D eigenvalue weighted by molar-refractivity contribution is -0.134. The molecule has 1 atom stereocenters. The van der Waals surface area contributed by atoms with E-state index < -0.39 is 44.7 Å². The minimum atomic E-state index is -3.78. The van der Waals surface area contributed by atoms with Crippen molar-refractivity contribution >= 4 is 33.9 Å². The van der Waals surface area contributed by atoms with E-state index in [9.17, 15) is 18.0 Å². The molecule has 1 rings (SSSR count). The molecule has 0 aliphatic heterocycles. The fraction of sp³-hybridized carbons (Fsp3) is 0.556. The number of benzene rings is 1. The molecule has 9 heteroatoms. The summed E-state index contributed by atoms with van der Waals surface area (Å²) in [6, 6.07) is 8.47. The fourth-order valence-electron chi connectivity index (χ4n) is 2.67. The van der Waals surface area contributed by atoms with Gasteiger partial charge in [0, 0.05) is 0 Å². The van der Waals surface area contributed by atoms with Gasteiger partial charge in [-0.15, -0.1) is 12.4 Å². The van der Waals surface area contributed by atoms with Crippen LogP contribution < -0.4 is 16.2 Å². The molecule has 7 nitrogen and oxygen atoms in total. The van der Waals surface area contributed by atoms with Gasteiger partial charge in [-0.05, 0) is 25.0 Å². The Kier molecular flexibility index (Phi) is 10.6. The molecule has 0 heterocycles. The Morgan fingerprint density at radius 3 is 2.07 bits per heavy atom. The van der Waals surface area contributed by atoms with Gasteiger partial charge in [-0.3, -0.25) is 9.59 Å². The van der Waals surface area contributed by atoms with Crippen molar-refractivity contribution in [3.8, 4) is 5.75 Å². The Labute approximate surface area is 167 Å². The molecule has 0 aromatic heterocycles. The molecule has 0 saturated heterocycles. The van der Waals surface area contributed by atoms with Crippen molar-refractivity contribution in [1.29, 1.82) is 0 Å². The number of amides is 1. The van der Waals surface area contributed by atoms with E-state index in [2.05, 4.69) is 0 Å². The van der Waals surface area contributed by atoms with Gasteiger partial charge in [0.2, 0.25) is 11.7 Å². The van der Waals surface area contributed by atoms with Crippen LogP contribution in [0.5, 0.6) is 5.75 Å². The van der Waals surface area contributed by atoms with Crippen molar-refractivity contribution in [2.45, 2.75) is 50.3 Å². The van der Waals surface area contributed by atoms with Gasteiger partial charge < -0.3 is 16.2 Å². The van der Waals surface area contributed by atoms with Crippen LogP contribution in [0.2, 0.25) is 0 Å². The van der Waals surface area contributed by atoms with Crippen molar-refractivity contribution in [2.24, 2.45) is 11.5 Å². The third-order valence-corrected chi connectivity index (χ3v) is 6.55.